The number of nitrogens with zero attached hydrogens (tertiary/aromatic N) is 2. The average Bonchev–Trinajstić information content (AvgIpc) is 2.84. The van der Waals surface area contributed by atoms with Crippen LogP contribution in [0.4, 0.5) is 5.69 Å². The highest BCUT2D eigenvalue weighted by atomic mass is 32.2. The Hall–Kier alpha value is -3.76. The van der Waals surface area contributed by atoms with Crippen molar-refractivity contribution in [3.8, 4) is 5.75 Å². The molecule has 0 aliphatic heterocycles. The zero-order chi connectivity index (χ0) is 23.8. The molecule has 0 spiro atoms. The van der Waals surface area contributed by atoms with Crippen LogP contribution < -0.4 is 10.1 Å². The van der Waals surface area contributed by atoms with Gasteiger partial charge >= 0.3 is 5.97 Å². The number of hydrogen-bond donors (Lipinski definition) is 1. The van der Waals surface area contributed by atoms with Crippen LogP contribution in [0.25, 0.3) is 0 Å². The third-order valence-corrected chi connectivity index (χ3v) is 6.48. The number of pyridine rings is 1. The van der Waals surface area contributed by atoms with Gasteiger partial charge in [-0.25, -0.2) is 13.2 Å². The summed E-state index contributed by atoms with van der Waals surface area (Å²) in [4.78, 5) is 28.1. The number of anilines is 1. The molecule has 0 bridgehead atoms. The molecule has 0 saturated heterocycles. The van der Waals surface area contributed by atoms with Crippen LogP contribution in [0.2, 0.25) is 0 Å². The minimum Gasteiger partial charge on any atom is -0.497 e. The number of methoxy groups -OCH3 is 2. The second-order valence-corrected chi connectivity index (χ2v) is 8.86. The van der Waals surface area contributed by atoms with Gasteiger partial charge in [0.1, 0.15) is 10.6 Å². The predicted molar refractivity (Wildman–Crippen MR) is 121 cm³/mol. The SMILES string of the molecule is COC(=O)c1ccc(NC(=O)CN(Cc2ccc(OC)cc2)S(=O)(=O)c2cccnc2)cc1. The maximum absolute atomic E-state index is 13.2. The van der Waals surface area contributed by atoms with Crippen LogP contribution in [-0.4, -0.2) is 50.3 Å². The highest BCUT2D eigenvalue weighted by Gasteiger charge is 2.27. The molecule has 1 aromatic heterocycles. The van der Waals surface area contributed by atoms with E-state index in [1.54, 1.807) is 24.3 Å². The summed E-state index contributed by atoms with van der Waals surface area (Å²) in [6, 6.07) is 15.9. The minimum absolute atomic E-state index is 0.0197. The van der Waals surface area contributed by atoms with E-state index < -0.39 is 28.4 Å². The van der Waals surface area contributed by atoms with Crippen LogP contribution in [-0.2, 0) is 26.1 Å². The molecular weight excluding hydrogens is 446 g/mol. The van der Waals surface area contributed by atoms with Crippen molar-refractivity contribution >= 4 is 27.6 Å². The molecule has 0 aliphatic rings. The maximum Gasteiger partial charge on any atom is 0.337 e. The van der Waals surface area contributed by atoms with Crippen LogP contribution in [0, 0.1) is 0 Å². The first-order chi connectivity index (χ1) is 15.8. The number of rotatable bonds is 9. The van der Waals surface area contributed by atoms with Crippen molar-refractivity contribution in [3.63, 3.8) is 0 Å². The maximum atomic E-state index is 13.2. The molecular formula is C23H23N3O6S. The van der Waals surface area contributed by atoms with Gasteiger partial charge in [-0.1, -0.05) is 12.1 Å². The standard InChI is InChI=1S/C23H23N3O6S/c1-31-20-11-5-17(6-12-20)15-26(33(29,30)21-4-3-13-24-14-21)16-22(27)25-19-9-7-18(8-10-19)23(28)32-2/h3-14H,15-16H2,1-2H3,(H,25,27). The first-order valence-corrected chi connectivity index (χ1v) is 11.3. The fourth-order valence-corrected chi connectivity index (χ4v) is 4.33. The van der Waals surface area contributed by atoms with Gasteiger partial charge in [-0.3, -0.25) is 9.78 Å². The van der Waals surface area contributed by atoms with Gasteiger partial charge in [0, 0.05) is 24.6 Å². The molecule has 1 amide bonds. The number of carbonyl (C=O) groups is 2. The first kappa shape index (κ1) is 23.9. The highest BCUT2D eigenvalue weighted by molar-refractivity contribution is 7.89. The summed E-state index contributed by atoms with van der Waals surface area (Å²) in [5, 5.41) is 2.65. The number of ether oxygens (including phenoxy) is 2. The lowest BCUT2D eigenvalue weighted by atomic mass is 10.2. The summed E-state index contributed by atoms with van der Waals surface area (Å²) in [6.07, 6.45) is 2.71. The lowest BCUT2D eigenvalue weighted by molar-refractivity contribution is -0.116. The molecule has 2 aromatic carbocycles. The van der Waals surface area contributed by atoms with E-state index >= 15 is 0 Å². The summed E-state index contributed by atoms with van der Waals surface area (Å²) < 4.78 is 37.3. The third-order valence-electron chi connectivity index (χ3n) is 4.70. The number of esters is 1. The Labute approximate surface area is 192 Å². The van der Waals surface area contributed by atoms with Crippen molar-refractivity contribution in [2.24, 2.45) is 0 Å². The Morgan fingerprint density at radius 2 is 1.70 bits per heavy atom. The van der Waals surface area contributed by atoms with Crippen molar-refractivity contribution in [1.29, 1.82) is 0 Å². The molecule has 0 saturated carbocycles. The van der Waals surface area contributed by atoms with Gasteiger partial charge in [0.15, 0.2) is 0 Å². The zero-order valence-electron chi connectivity index (χ0n) is 18.1. The Balaban J connectivity index is 1.81. The largest absolute Gasteiger partial charge is 0.497 e. The second-order valence-electron chi connectivity index (χ2n) is 6.93. The van der Waals surface area contributed by atoms with Gasteiger partial charge in [-0.15, -0.1) is 0 Å². The number of nitrogens with one attached hydrogen (secondary N) is 1. The van der Waals surface area contributed by atoms with Crippen LogP contribution in [0.3, 0.4) is 0 Å². The summed E-state index contributed by atoms with van der Waals surface area (Å²) >= 11 is 0. The number of benzene rings is 2. The van der Waals surface area contributed by atoms with Crippen LogP contribution in [0.1, 0.15) is 15.9 Å². The molecule has 3 aromatic rings. The van der Waals surface area contributed by atoms with E-state index in [1.807, 2.05) is 0 Å². The van der Waals surface area contributed by atoms with Crippen LogP contribution in [0.15, 0.2) is 78.0 Å². The van der Waals surface area contributed by atoms with E-state index in [4.69, 9.17) is 4.74 Å². The second kappa shape index (κ2) is 10.7. The third kappa shape index (κ3) is 6.15. The minimum atomic E-state index is -4.01. The lowest BCUT2D eigenvalue weighted by Gasteiger charge is -2.22. The van der Waals surface area contributed by atoms with Crippen molar-refractivity contribution in [2.75, 3.05) is 26.1 Å². The molecule has 0 atom stereocenters. The normalized spacial score (nSPS) is 11.1. The van der Waals surface area contributed by atoms with Crippen molar-refractivity contribution in [1.82, 2.24) is 9.29 Å². The molecule has 0 fully saturated rings. The van der Waals surface area contributed by atoms with Gasteiger partial charge in [0.2, 0.25) is 15.9 Å². The molecule has 3 rings (SSSR count). The quantitative estimate of drug-likeness (QED) is 0.479. The zero-order valence-corrected chi connectivity index (χ0v) is 18.9. The van der Waals surface area contributed by atoms with E-state index in [0.717, 1.165) is 4.31 Å². The molecule has 172 valence electrons. The molecule has 1 N–H and O–H groups in total. The summed E-state index contributed by atoms with van der Waals surface area (Å²) in [5.74, 6) is -0.406. The van der Waals surface area contributed by atoms with E-state index in [9.17, 15) is 18.0 Å². The molecule has 0 unspecified atom stereocenters. The number of carbonyl (C=O) groups excluding carboxylic acids is 2. The van der Waals surface area contributed by atoms with Gasteiger partial charge in [-0.2, -0.15) is 4.31 Å². The summed E-state index contributed by atoms with van der Waals surface area (Å²) in [6.45, 7) is -0.460. The molecule has 9 nitrogen and oxygen atoms in total. The molecule has 33 heavy (non-hydrogen) atoms. The monoisotopic (exact) mass is 469 g/mol. The van der Waals surface area contributed by atoms with Crippen molar-refractivity contribution < 1.29 is 27.5 Å². The van der Waals surface area contributed by atoms with Crippen molar-refractivity contribution in [2.45, 2.75) is 11.4 Å². The number of hydrogen-bond acceptors (Lipinski definition) is 7. The van der Waals surface area contributed by atoms with Crippen LogP contribution in [0.5, 0.6) is 5.75 Å². The summed E-state index contributed by atoms with van der Waals surface area (Å²) in [7, 11) is -1.19. The van der Waals surface area contributed by atoms with Gasteiger partial charge in [0.25, 0.3) is 0 Å². The number of aromatic nitrogens is 1. The van der Waals surface area contributed by atoms with E-state index in [2.05, 4.69) is 15.0 Å². The molecule has 10 heteroatoms. The Morgan fingerprint density at radius 1 is 1.00 bits per heavy atom. The van der Waals surface area contributed by atoms with Gasteiger partial charge in [-0.05, 0) is 54.1 Å². The smallest absolute Gasteiger partial charge is 0.337 e. The Kier molecular flexibility index (Phi) is 7.75. The molecule has 0 aliphatic carbocycles. The van der Waals surface area contributed by atoms with Crippen molar-refractivity contribution in [3.05, 3.63) is 84.2 Å². The van der Waals surface area contributed by atoms with E-state index in [1.165, 1.54) is 63.0 Å². The fourth-order valence-electron chi connectivity index (χ4n) is 2.98. The topological polar surface area (TPSA) is 115 Å². The summed E-state index contributed by atoms with van der Waals surface area (Å²) in [5.41, 5.74) is 1.42. The highest BCUT2D eigenvalue weighted by Crippen LogP contribution is 2.20. The molecule has 1 heterocycles. The van der Waals surface area contributed by atoms with Crippen LogP contribution >= 0.6 is 0 Å². The first-order valence-electron chi connectivity index (χ1n) is 9.85. The van der Waals surface area contributed by atoms with E-state index in [0.29, 0.717) is 22.6 Å². The van der Waals surface area contributed by atoms with E-state index in [-0.39, 0.29) is 11.4 Å². The predicted octanol–water partition coefficient (Wildman–Crippen LogP) is 2.71. The average molecular weight is 470 g/mol. The van der Waals surface area contributed by atoms with Gasteiger partial charge in [0.05, 0.1) is 26.3 Å². The number of sulfonamides is 1. The number of amides is 1. The molecule has 0 radical (unpaired) electrons. The van der Waals surface area contributed by atoms with Gasteiger partial charge < -0.3 is 14.8 Å². The lowest BCUT2D eigenvalue weighted by Crippen LogP contribution is -2.37. The Morgan fingerprint density at radius 3 is 2.27 bits per heavy atom. The Bertz CT molecular complexity index is 1200. The fraction of sp³-hybridized carbons (Fsp3) is 0.174.